The molecule has 0 fully saturated rings. The number of H-pyrrole nitrogens is 1. The quantitative estimate of drug-likeness (QED) is 0.557. The molecule has 7 heteroatoms. The van der Waals surface area contributed by atoms with Gasteiger partial charge < -0.3 is 10.3 Å². The Labute approximate surface area is 154 Å². The molecule has 0 radical (unpaired) electrons. The van der Waals surface area contributed by atoms with E-state index in [9.17, 15) is 4.79 Å². The van der Waals surface area contributed by atoms with Gasteiger partial charge in [-0.25, -0.2) is 14.8 Å². The van der Waals surface area contributed by atoms with Crippen molar-refractivity contribution in [3.05, 3.63) is 59.6 Å². The molecular formula is C19H16ClN5O. The van der Waals surface area contributed by atoms with Crippen LogP contribution in [0.4, 0.5) is 4.79 Å². The normalized spacial score (nSPS) is 11.0. The van der Waals surface area contributed by atoms with Gasteiger partial charge in [0.1, 0.15) is 12.0 Å². The highest BCUT2D eigenvalue weighted by Crippen LogP contribution is 2.33. The summed E-state index contributed by atoms with van der Waals surface area (Å²) in [5.74, 6) is 0. The van der Waals surface area contributed by atoms with Crippen LogP contribution in [-0.4, -0.2) is 32.6 Å². The van der Waals surface area contributed by atoms with E-state index in [1.165, 1.54) is 6.33 Å². The first-order chi connectivity index (χ1) is 12.6. The first kappa shape index (κ1) is 16.4. The van der Waals surface area contributed by atoms with E-state index in [-0.39, 0.29) is 6.03 Å². The fourth-order valence-electron chi connectivity index (χ4n) is 3.06. The van der Waals surface area contributed by atoms with E-state index in [4.69, 9.17) is 11.6 Å². The van der Waals surface area contributed by atoms with Gasteiger partial charge in [-0.1, -0.05) is 17.7 Å². The number of hydrogen-bond donors (Lipinski definition) is 2. The number of amides is 1. The van der Waals surface area contributed by atoms with Crippen molar-refractivity contribution in [1.29, 1.82) is 0 Å². The zero-order valence-corrected chi connectivity index (χ0v) is 15.0. The second kappa shape index (κ2) is 6.31. The third-order valence-electron chi connectivity index (χ3n) is 4.36. The molecule has 4 aromatic rings. The van der Waals surface area contributed by atoms with Gasteiger partial charge in [-0.2, -0.15) is 0 Å². The lowest BCUT2D eigenvalue weighted by Crippen LogP contribution is -2.24. The summed E-state index contributed by atoms with van der Waals surface area (Å²) in [6, 6.07) is 9.27. The van der Waals surface area contributed by atoms with Crippen molar-refractivity contribution < 1.29 is 4.79 Å². The second-order valence-corrected chi connectivity index (χ2v) is 6.40. The highest BCUT2D eigenvalue weighted by atomic mass is 35.5. The third kappa shape index (κ3) is 2.64. The molecule has 0 aliphatic carbocycles. The molecular weight excluding hydrogens is 350 g/mol. The lowest BCUT2D eigenvalue weighted by Gasteiger charge is -2.10. The number of rotatable bonds is 2. The first-order valence-corrected chi connectivity index (χ1v) is 8.45. The minimum Gasteiger partial charge on any atom is -0.346 e. The number of nitrogens with zero attached hydrogens (tertiary/aromatic N) is 3. The summed E-state index contributed by atoms with van der Waals surface area (Å²) in [5, 5.41) is 4.19. The minimum absolute atomic E-state index is 0.231. The van der Waals surface area contributed by atoms with Gasteiger partial charge in [0.25, 0.3) is 0 Å². The molecule has 0 bridgehead atoms. The number of aromatic nitrogens is 4. The fourth-order valence-corrected chi connectivity index (χ4v) is 3.23. The van der Waals surface area contributed by atoms with Crippen molar-refractivity contribution in [2.75, 3.05) is 7.05 Å². The molecule has 0 saturated carbocycles. The van der Waals surface area contributed by atoms with Gasteiger partial charge in [0, 0.05) is 41.0 Å². The Morgan fingerprint density at radius 3 is 2.88 bits per heavy atom. The predicted molar refractivity (Wildman–Crippen MR) is 102 cm³/mol. The maximum absolute atomic E-state index is 12.4. The van der Waals surface area contributed by atoms with Crippen LogP contribution in [0.3, 0.4) is 0 Å². The number of carbonyl (C=O) groups excluding carboxylic acids is 1. The van der Waals surface area contributed by atoms with E-state index >= 15 is 0 Å². The monoisotopic (exact) mass is 365 g/mol. The zero-order chi connectivity index (χ0) is 18.3. The zero-order valence-electron chi connectivity index (χ0n) is 14.2. The van der Waals surface area contributed by atoms with E-state index in [0.29, 0.717) is 5.02 Å². The second-order valence-electron chi connectivity index (χ2n) is 5.96. The van der Waals surface area contributed by atoms with Crippen LogP contribution in [0.15, 0.2) is 49.1 Å². The Balaban J connectivity index is 1.96. The Morgan fingerprint density at radius 1 is 1.23 bits per heavy atom. The summed E-state index contributed by atoms with van der Waals surface area (Å²) >= 11 is 6.19. The number of carbonyl (C=O) groups is 1. The molecule has 0 aliphatic heterocycles. The van der Waals surface area contributed by atoms with Gasteiger partial charge in [-0.05, 0) is 36.8 Å². The molecule has 0 saturated heterocycles. The fraction of sp³-hybridized carbons (Fsp3) is 0.105. The minimum atomic E-state index is -0.231. The van der Waals surface area contributed by atoms with Gasteiger partial charge in [0.2, 0.25) is 0 Å². The number of aryl methyl sites for hydroxylation is 1. The first-order valence-electron chi connectivity index (χ1n) is 8.08. The van der Waals surface area contributed by atoms with Crippen molar-refractivity contribution in [3.8, 4) is 22.5 Å². The van der Waals surface area contributed by atoms with Gasteiger partial charge in [0.15, 0.2) is 0 Å². The van der Waals surface area contributed by atoms with Gasteiger partial charge >= 0.3 is 6.03 Å². The molecule has 1 amide bonds. The average Bonchev–Trinajstić information content (AvgIpc) is 3.29. The summed E-state index contributed by atoms with van der Waals surface area (Å²) < 4.78 is 1.58. The molecule has 6 nitrogen and oxygen atoms in total. The van der Waals surface area contributed by atoms with E-state index in [2.05, 4.69) is 20.3 Å². The van der Waals surface area contributed by atoms with Gasteiger partial charge in [-0.3, -0.25) is 4.57 Å². The molecule has 0 unspecified atom stereocenters. The molecule has 3 aromatic heterocycles. The maximum Gasteiger partial charge on any atom is 0.325 e. The van der Waals surface area contributed by atoms with Crippen LogP contribution in [0.25, 0.3) is 33.5 Å². The summed E-state index contributed by atoms with van der Waals surface area (Å²) in [6.45, 7) is 1.99. The van der Waals surface area contributed by atoms with Crippen molar-refractivity contribution in [2.45, 2.75) is 6.92 Å². The molecule has 4 rings (SSSR count). The summed E-state index contributed by atoms with van der Waals surface area (Å²) in [5.41, 5.74) is 5.02. The molecule has 3 heterocycles. The van der Waals surface area contributed by atoms with Crippen molar-refractivity contribution in [3.63, 3.8) is 0 Å². The Morgan fingerprint density at radius 2 is 2.08 bits per heavy atom. The van der Waals surface area contributed by atoms with E-state index < -0.39 is 0 Å². The van der Waals surface area contributed by atoms with Crippen molar-refractivity contribution in [2.24, 2.45) is 0 Å². The molecule has 26 heavy (non-hydrogen) atoms. The Kier molecular flexibility index (Phi) is 3.97. The number of hydrogen-bond acceptors (Lipinski definition) is 3. The van der Waals surface area contributed by atoms with E-state index in [1.807, 2.05) is 43.5 Å². The number of nitrogens with one attached hydrogen (secondary N) is 2. The van der Waals surface area contributed by atoms with E-state index in [0.717, 1.165) is 39.1 Å². The highest BCUT2D eigenvalue weighted by Gasteiger charge is 2.18. The molecule has 130 valence electrons. The standard InChI is InChI=1S/C19H16ClN5O/c1-11-3-4-13(20)8-15(11)16-7-12(9-25(16)19(26)21-2)17-14-5-6-22-18(14)24-10-23-17/h3-10H,1-2H3,(H,21,26)(H,22,23,24). The van der Waals surface area contributed by atoms with E-state index in [1.54, 1.807) is 17.8 Å². The summed E-state index contributed by atoms with van der Waals surface area (Å²) in [4.78, 5) is 24.2. The average molecular weight is 366 g/mol. The largest absolute Gasteiger partial charge is 0.346 e. The van der Waals surface area contributed by atoms with Gasteiger partial charge in [-0.15, -0.1) is 0 Å². The highest BCUT2D eigenvalue weighted by molar-refractivity contribution is 6.30. The van der Waals surface area contributed by atoms with Crippen LogP contribution < -0.4 is 5.32 Å². The number of benzene rings is 1. The Bertz CT molecular complexity index is 1130. The topological polar surface area (TPSA) is 75.6 Å². The molecule has 0 aliphatic rings. The maximum atomic E-state index is 12.4. The smallest absolute Gasteiger partial charge is 0.325 e. The number of aromatic amines is 1. The Hall–Kier alpha value is -3.12. The van der Waals surface area contributed by atoms with Gasteiger partial charge in [0.05, 0.1) is 11.4 Å². The third-order valence-corrected chi connectivity index (χ3v) is 4.59. The van der Waals surface area contributed by atoms with Crippen LogP contribution in [-0.2, 0) is 0 Å². The van der Waals surface area contributed by atoms with Crippen LogP contribution in [0.1, 0.15) is 5.56 Å². The molecule has 1 aromatic carbocycles. The van der Waals surface area contributed by atoms with Crippen molar-refractivity contribution >= 4 is 28.7 Å². The lowest BCUT2D eigenvalue weighted by atomic mass is 10.0. The molecule has 0 spiro atoms. The summed E-state index contributed by atoms with van der Waals surface area (Å²) in [7, 11) is 1.60. The summed E-state index contributed by atoms with van der Waals surface area (Å²) in [6.07, 6.45) is 5.11. The lowest BCUT2D eigenvalue weighted by molar-refractivity contribution is 0.245. The van der Waals surface area contributed by atoms with Crippen LogP contribution in [0, 0.1) is 6.92 Å². The molecule has 0 atom stereocenters. The van der Waals surface area contributed by atoms with Crippen LogP contribution in [0.5, 0.6) is 0 Å². The number of halogens is 1. The molecule has 2 N–H and O–H groups in total. The van der Waals surface area contributed by atoms with Crippen LogP contribution in [0.2, 0.25) is 5.02 Å². The SMILES string of the molecule is CNC(=O)n1cc(-c2ncnc3[nH]ccc23)cc1-c1cc(Cl)ccc1C. The van der Waals surface area contributed by atoms with Crippen molar-refractivity contribution in [1.82, 2.24) is 24.8 Å². The van der Waals surface area contributed by atoms with Crippen LogP contribution >= 0.6 is 11.6 Å². The number of fused-ring (bicyclic) bond motifs is 1. The predicted octanol–water partition coefficient (Wildman–Crippen LogP) is 4.24.